The van der Waals surface area contributed by atoms with E-state index in [1.807, 2.05) is 13.1 Å². The van der Waals surface area contributed by atoms with Crippen LogP contribution in [-0.4, -0.2) is 34.2 Å². The average molecular weight is 212 g/mol. The molecule has 1 fully saturated rings. The molecule has 1 saturated heterocycles. The Hall–Kier alpha value is -0.450. The normalized spacial score (nSPS) is 23.1. The lowest BCUT2D eigenvalue weighted by atomic mass is 10.2. The maximum Gasteiger partial charge on any atom is 0.0897 e. The van der Waals surface area contributed by atoms with E-state index < -0.39 is 0 Å². The molecule has 1 aromatic rings. The lowest BCUT2D eigenvalue weighted by Gasteiger charge is -2.21. The molecule has 1 aliphatic heterocycles. The van der Waals surface area contributed by atoms with Gasteiger partial charge < -0.3 is 5.11 Å². The van der Waals surface area contributed by atoms with Gasteiger partial charge in [-0.2, -0.15) is 0 Å². The van der Waals surface area contributed by atoms with Crippen LogP contribution in [-0.2, 0) is 6.54 Å². The van der Waals surface area contributed by atoms with E-state index in [2.05, 4.69) is 9.88 Å². The number of likely N-dealkylation sites (tertiary alicyclic amines) is 1. The summed E-state index contributed by atoms with van der Waals surface area (Å²) in [6.45, 7) is 4.39. The average Bonchev–Trinajstić information content (AvgIpc) is 2.76. The van der Waals surface area contributed by atoms with Crippen LogP contribution in [0.3, 0.4) is 0 Å². The van der Waals surface area contributed by atoms with E-state index in [0.717, 1.165) is 24.5 Å². The predicted molar refractivity (Wildman–Crippen MR) is 57.4 cm³/mol. The fraction of sp³-hybridized carbons (Fsp3) is 0.700. The Morgan fingerprint density at radius 2 is 2.57 bits per heavy atom. The number of hydrogen-bond acceptors (Lipinski definition) is 4. The van der Waals surface area contributed by atoms with Crippen LogP contribution in [0.4, 0.5) is 0 Å². The Morgan fingerprint density at radius 1 is 1.71 bits per heavy atom. The van der Waals surface area contributed by atoms with Crippen molar-refractivity contribution in [2.45, 2.75) is 32.4 Å². The van der Waals surface area contributed by atoms with Crippen molar-refractivity contribution in [3.8, 4) is 0 Å². The highest BCUT2D eigenvalue weighted by atomic mass is 32.1. The van der Waals surface area contributed by atoms with Crippen molar-refractivity contribution in [3.63, 3.8) is 0 Å². The van der Waals surface area contributed by atoms with Gasteiger partial charge in [0.2, 0.25) is 0 Å². The van der Waals surface area contributed by atoms with Crippen LogP contribution in [0.2, 0.25) is 0 Å². The van der Waals surface area contributed by atoms with E-state index in [1.165, 1.54) is 11.3 Å². The highest BCUT2D eigenvalue weighted by molar-refractivity contribution is 7.11. The lowest BCUT2D eigenvalue weighted by Crippen LogP contribution is -2.31. The molecule has 0 saturated carbocycles. The summed E-state index contributed by atoms with van der Waals surface area (Å²) in [6, 6.07) is 0.373. The van der Waals surface area contributed by atoms with Crippen molar-refractivity contribution in [3.05, 3.63) is 16.1 Å². The van der Waals surface area contributed by atoms with Crippen molar-refractivity contribution >= 4 is 11.3 Å². The monoisotopic (exact) mass is 212 g/mol. The molecule has 3 nitrogen and oxygen atoms in total. The molecule has 0 aromatic carbocycles. The van der Waals surface area contributed by atoms with Crippen molar-refractivity contribution in [1.82, 2.24) is 9.88 Å². The SMILES string of the molecule is Cc1ncc(CN2CCCC2CO)s1. The lowest BCUT2D eigenvalue weighted by molar-refractivity contribution is 0.154. The van der Waals surface area contributed by atoms with Crippen LogP contribution >= 0.6 is 11.3 Å². The number of rotatable bonds is 3. The van der Waals surface area contributed by atoms with E-state index in [0.29, 0.717) is 6.04 Å². The van der Waals surface area contributed by atoms with Gasteiger partial charge in [0, 0.05) is 23.7 Å². The first-order valence-corrected chi connectivity index (χ1v) is 5.87. The third-order valence-electron chi connectivity index (χ3n) is 2.74. The van der Waals surface area contributed by atoms with E-state index in [1.54, 1.807) is 11.3 Å². The van der Waals surface area contributed by atoms with Crippen molar-refractivity contribution in [1.29, 1.82) is 0 Å². The van der Waals surface area contributed by atoms with Gasteiger partial charge in [-0.25, -0.2) is 4.98 Å². The fourth-order valence-electron chi connectivity index (χ4n) is 1.99. The minimum Gasteiger partial charge on any atom is -0.395 e. The number of hydrogen-bond donors (Lipinski definition) is 1. The highest BCUT2D eigenvalue weighted by Gasteiger charge is 2.23. The number of aliphatic hydroxyl groups excluding tert-OH is 1. The first-order chi connectivity index (χ1) is 6.79. The molecule has 0 bridgehead atoms. The van der Waals surface area contributed by atoms with Crippen LogP contribution in [0.1, 0.15) is 22.7 Å². The maximum atomic E-state index is 9.17. The van der Waals surface area contributed by atoms with E-state index in [9.17, 15) is 0 Å². The summed E-state index contributed by atoms with van der Waals surface area (Å²) < 4.78 is 0. The summed E-state index contributed by atoms with van der Waals surface area (Å²) in [6.07, 6.45) is 4.30. The van der Waals surface area contributed by atoms with Crippen LogP contribution in [0.5, 0.6) is 0 Å². The Labute approximate surface area is 88.4 Å². The van der Waals surface area contributed by atoms with E-state index in [-0.39, 0.29) is 6.61 Å². The first-order valence-electron chi connectivity index (χ1n) is 5.06. The van der Waals surface area contributed by atoms with Gasteiger partial charge in [0.15, 0.2) is 0 Å². The third-order valence-corrected chi connectivity index (χ3v) is 3.64. The molecule has 0 radical (unpaired) electrons. The molecule has 1 aliphatic rings. The van der Waals surface area contributed by atoms with Gasteiger partial charge in [-0.05, 0) is 26.3 Å². The summed E-state index contributed by atoms with van der Waals surface area (Å²) in [4.78, 5) is 7.90. The summed E-state index contributed by atoms with van der Waals surface area (Å²) in [5.74, 6) is 0. The molecule has 1 N–H and O–H groups in total. The second-order valence-electron chi connectivity index (χ2n) is 3.79. The fourth-order valence-corrected chi connectivity index (χ4v) is 2.81. The minimum absolute atomic E-state index is 0.289. The van der Waals surface area contributed by atoms with Gasteiger partial charge in [0.1, 0.15) is 0 Å². The van der Waals surface area contributed by atoms with Gasteiger partial charge in [-0.3, -0.25) is 4.90 Å². The molecule has 1 aromatic heterocycles. The second kappa shape index (κ2) is 4.38. The molecule has 1 atom stereocenters. The third kappa shape index (κ3) is 2.13. The summed E-state index contributed by atoms with van der Waals surface area (Å²) in [5.41, 5.74) is 0. The zero-order chi connectivity index (χ0) is 9.97. The van der Waals surface area contributed by atoms with Crippen LogP contribution < -0.4 is 0 Å². The Bertz CT molecular complexity index is 300. The molecule has 2 heterocycles. The molecule has 78 valence electrons. The quantitative estimate of drug-likeness (QED) is 0.823. The van der Waals surface area contributed by atoms with Crippen molar-refractivity contribution < 1.29 is 5.11 Å². The minimum atomic E-state index is 0.289. The Balaban J connectivity index is 1.96. The second-order valence-corrected chi connectivity index (χ2v) is 5.11. The zero-order valence-electron chi connectivity index (χ0n) is 8.44. The summed E-state index contributed by atoms with van der Waals surface area (Å²) in [5, 5.41) is 10.3. The van der Waals surface area contributed by atoms with Gasteiger partial charge in [0.05, 0.1) is 11.6 Å². The Morgan fingerprint density at radius 3 is 3.21 bits per heavy atom. The van der Waals surface area contributed by atoms with Crippen LogP contribution in [0.25, 0.3) is 0 Å². The van der Waals surface area contributed by atoms with Gasteiger partial charge in [0.25, 0.3) is 0 Å². The molecular formula is C10H16N2OS. The number of thiazole rings is 1. The van der Waals surface area contributed by atoms with Crippen molar-refractivity contribution in [2.24, 2.45) is 0 Å². The molecular weight excluding hydrogens is 196 g/mol. The topological polar surface area (TPSA) is 36.4 Å². The molecule has 2 rings (SSSR count). The number of aryl methyl sites for hydroxylation is 1. The first kappa shape index (κ1) is 10.1. The van der Waals surface area contributed by atoms with E-state index >= 15 is 0 Å². The molecule has 0 spiro atoms. The van der Waals surface area contributed by atoms with Gasteiger partial charge in [-0.15, -0.1) is 11.3 Å². The molecule has 4 heteroatoms. The van der Waals surface area contributed by atoms with Gasteiger partial charge in [-0.1, -0.05) is 0 Å². The number of nitrogens with zero attached hydrogens (tertiary/aromatic N) is 2. The summed E-state index contributed by atoms with van der Waals surface area (Å²) >= 11 is 1.75. The van der Waals surface area contributed by atoms with Crippen LogP contribution in [0.15, 0.2) is 6.20 Å². The van der Waals surface area contributed by atoms with Crippen molar-refractivity contribution in [2.75, 3.05) is 13.2 Å². The molecule has 1 unspecified atom stereocenters. The van der Waals surface area contributed by atoms with Crippen LogP contribution in [0, 0.1) is 6.92 Å². The molecule has 14 heavy (non-hydrogen) atoms. The largest absolute Gasteiger partial charge is 0.395 e. The predicted octanol–water partition coefficient (Wildman–Crippen LogP) is 1.41. The molecule has 0 amide bonds. The zero-order valence-corrected chi connectivity index (χ0v) is 9.26. The highest BCUT2D eigenvalue weighted by Crippen LogP contribution is 2.21. The smallest absolute Gasteiger partial charge is 0.0897 e. The van der Waals surface area contributed by atoms with E-state index in [4.69, 9.17) is 5.11 Å². The standard InChI is InChI=1S/C10H16N2OS/c1-8-11-5-10(14-8)6-12-4-2-3-9(12)7-13/h5,9,13H,2-4,6-7H2,1H3. The maximum absolute atomic E-state index is 9.17. The summed E-state index contributed by atoms with van der Waals surface area (Å²) in [7, 11) is 0. The number of aromatic nitrogens is 1. The molecule has 0 aliphatic carbocycles. The Kier molecular flexibility index (Phi) is 3.15. The van der Waals surface area contributed by atoms with Gasteiger partial charge >= 0.3 is 0 Å². The number of aliphatic hydroxyl groups is 1.